The molecule has 0 aliphatic carbocycles. The highest BCUT2D eigenvalue weighted by Gasteiger charge is 2.13. The number of esters is 1. The van der Waals surface area contributed by atoms with E-state index in [1.807, 2.05) is 37.3 Å². The summed E-state index contributed by atoms with van der Waals surface area (Å²) >= 11 is 0. The van der Waals surface area contributed by atoms with E-state index in [9.17, 15) is 4.79 Å². The summed E-state index contributed by atoms with van der Waals surface area (Å²) in [5.74, 6) is -0.259. The molecule has 0 saturated carbocycles. The predicted molar refractivity (Wildman–Crippen MR) is 60.4 cm³/mol. The molecule has 0 fully saturated rings. The lowest BCUT2D eigenvalue weighted by atomic mass is 10.0. The second-order valence-electron chi connectivity index (χ2n) is 3.67. The summed E-state index contributed by atoms with van der Waals surface area (Å²) in [5.41, 5.74) is 2.01. The Morgan fingerprint density at radius 2 is 1.93 bits per heavy atom. The number of carbonyl (C=O) groups is 1. The average Bonchev–Trinajstić information content (AvgIpc) is 2.17. The third-order valence-electron chi connectivity index (χ3n) is 2.01. The smallest absolute Gasteiger partial charge is 0.303 e. The fourth-order valence-corrected chi connectivity index (χ4v) is 1.41. The molecule has 2 nitrogen and oxygen atoms in total. The highest BCUT2D eigenvalue weighted by atomic mass is 16.5. The zero-order valence-electron chi connectivity index (χ0n) is 9.19. The van der Waals surface area contributed by atoms with Crippen LogP contribution in [-0.4, -0.2) is 5.97 Å². The molecule has 0 aromatic heterocycles. The van der Waals surface area contributed by atoms with Crippen LogP contribution in [0.3, 0.4) is 0 Å². The summed E-state index contributed by atoms with van der Waals surface area (Å²) in [7, 11) is 0. The van der Waals surface area contributed by atoms with Crippen molar-refractivity contribution in [3.63, 3.8) is 0 Å². The lowest BCUT2D eigenvalue weighted by molar-refractivity contribution is -0.146. The second kappa shape index (κ2) is 5.35. The molecule has 0 heterocycles. The number of carbonyl (C=O) groups excluding carboxylic acids is 1. The Balaban J connectivity index is 2.81. The monoisotopic (exact) mass is 204 g/mol. The number of ether oxygens (including phenoxy) is 1. The SMILES string of the molecule is C=C(C)CC(OC(C)=O)c1ccccc1. The maximum atomic E-state index is 11.0. The van der Waals surface area contributed by atoms with Gasteiger partial charge in [0.25, 0.3) is 0 Å². The quantitative estimate of drug-likeness (QED) is 0.556. The van der Waals surface area contributed by atoms with Gasteiger partial charge in [-0.2, -0.15) is 0 Å². The fourth-order valence-electron chi connectivity index (χ4n) is 1.41. The lowest BCUT2D eigenvalue weighted by Gasteiger charge is -2.17. The van der Waals surface area contributed by atoms with Gasteiger partial charge in [-0.15, -0.1) is 0 Å². The third-order valence-corrected chi connectivity index (χ3v) is 2.01. The summed E-state index contributed by atoms with van der Waals surface area (Å²) in [6.07, 6.45) is 0.463. The third kappa shape index (κ3) is 3.98. The Morgan fingerprint density at radius 1 is 1.33 bits per heavy atom. The van der Waals surface area contributed by atoms with E-state index in [4.69, 9.17) is 4.74 Å². The molecule has 0 N–H and O–H groups in total. The van der Waals surface area contributed by atoms with Gasteiger partial charge in [-0.05, 0) is 12.5 Å². The molecule has 0 aliphatic rings. The first-order valence-corrected chi connectivity index (χ1v) is 4.96. The number of hydrogen-bond donors (Lipinski definition) is 0. The zero-order chi connectivity index (χ0) is 11.3. The number of rotatable bonds is 4. The first kappa shape index (κ1) is 11.5. The van der Waals surface area contributed by atoms with Crippen LogP contribution < -0.4 is 0 Å². The van der Waals surface area contributed by atoms with E-state index >= 15 is 0 Å². The van der Waals surface area contributed by atoms with Gasteiger partial charge in [0.2, 0.25) is 0 Å². The largest absolute Gasteiger partial charge is 0.457 e. The van der Waals surface area contributed by atoms with Gasteiger partial charge in [0.05, 0.1) is 0 Å². The lowest BCUT2D eigenvalue weighted by Crippen LogP contribution is -2.08. The van der Waals surface area contributed by atoms with E-state index in [0.29, 0.717) is 6.42 Å². The molecule has 0 radical (unpaired) electrons. The topological polar surface area (TPSA) is 26.3 Å². The van der Waals surface area contributed by atoms with Crippen LogP contribution in [0.2, 0.25) is 0 Å². The van der Waals surface area contributed by atoms with Crippen molar-refractivity contribution in [2.24, 2.45) is 0 Å². The number of benzene rings is 1. The molecule has 80 valence electrons. The van der Waals surface area contributed by atoms with Crippen LogP contribution in [0.5, 0.6) is 0 Å². The van der Waals surface area contributed by atoms with E-state index in [2.05, 4.69) is 6.58 Å². The maximum Gasteiger partial charge on any atom is 0.303 e. The van der Waals surface area contributed by atoms with Crippen LogP contribution in [0.25, 0.3) is 0 Å². The molecule has 0 bridgehead atoms. The molecule has 15 heavy (non-hydrogen) atoms. The summed E-state index contributed by atoms with van der Waals surface area (Å²) in [4.78, 5) is 11.0. The Hall–Kier alpha value is -1.57. The first-order chi connectivity index (χ1) is 7.09. The first-order valence-electron chi connectivity index (χ1n) is 4.96. The van der Waals surface area contributed by atoms with Gasteiger partial charge >= 0.3 is 5.97 Å². The molecule has 0 spiro atoms. The van der Waals surface area contributed by atoms with Crippen LogP contribution >= 0.6 is 0 Å². The normalized spacial score (nSPS) is 11.9. The van der Waals surface area contributed by atoms with E-state index < -0.39 is 0 Å². The molecule has 0 amide bonds. The van der Waals surface area contributed by atoms with Crippen molar-refractivity contribution >= 4 is 5.97 Å². The van der Waals surface area contributed by atoms with Gasteiger partial charge < -0.3 is 4.74 Å². The van der Waals surface area contributed by atoms with Crippen molar-refractivity contribution < 1.29 is 9.53 Å². The molecule has 1 rings (SSSR count). The molecular weight excluding hydrogens is 188 g/mol. The average molecular weight is 204 g/mol. The van der Waals surface area contributed by atoms with Crippen LogP contribution in [-0.2, 0) is 9.53 Å². The molecular formula is C13H16O2. The van der Waals surface area contributed by atoms with Crippen molar-refractivity contribution in [3.8, 4) is 0 Å². The van der Waals surface area contributed by atoms with Crippen molar-refractivity contribution in [2.75, 3.05) is 0 Å². The van der Waals surface area contributed by atoms with Gasteiger partial charge in [-0.3, -0.25) is 4.79 Å². The molecule has 0 saturated heterocycles. The fraction of sp³-hybridized carbons (Fsp3) is 0.308. The predicted octanol–water partition coefficient (Wildman–Crippen LogP) is 3.26. The minimum atomic E-state index is -0.259. The molecule has 1 atom stereocenters. The van der Waals surface area contributed by atoms with E-state index in [1.165, 1.54) is 6.92 Å². The molecule has 1 aromatic carbocycles. The summed E-state index contributed by atoms with van der Waals surface area (Å²) in [6, 6.07) is 9.72. The van der Waals surface area contributed by atoms with Gasteiger partial charge in [0.15, 0.2) is 0 Å². The Labute approximate surface area is 90.6 Å². The molecule has 2 heteroatoms. The Morgan fingerprint density at radius 3 is 2.40 bits per heavy atom. The van der Waals surface area contributed by atoms with Crippen molar-refractivity contribution in [2.45, 2.75) is 26.4 Å². The second-order valence-corrected chi connectivity index (χ2v) is 3.67. The van der Waals surface area contributed by atoms with E-state index in [-0.39, 0.29) is 12.1 Å². The molecule has 1 aromatic rings. The van der Waals surface area contributed by atoms with Crippen molar-refractivity contribution in [1.29, 1.82) is 0 Å². The summed E-state index contributed by atoms with van der Waals surface area (Å²) in [5, 5.41) is 0. The zero-order valence-corrected chi connectivity index (χ0v) is 9.19. The summed E-state index contributed by atoms with van der Waals surface area (Å²) in [6.45, 7) is 7.19. The van der Waals surface area contributed by atoms with E-state index in [1.54, 1.807) is 0 Å². The Kier molecular flexibility index (Phi) is 4.10. The summed E-state index contributed by atoms with van der Waals surface area (Å²) < 4.78 is 5.25. The Bertz CT molecular complexity index is 325. The minimum Gasteiger partial charge on any atom is -0.457 e. The highest BCUT2D eigenvalue weighted by molar-refractivity contribution is 5.66. The van der Waals surface area contributed by atoms with Gasteiger partial charge in [0, 0.05) is 13.3 Å². The van der Waals surface area contributed by atoms with Crippen LogP contribution in [0.4, 0.5) is 0 Å². The van der Waals surface area contributed by atoms with Gasteiger partial charge in [-0.1, -0.05) is 42.5 Å². The molecule has 0 aliphatic heterocycles. The van der Waals surface area contributed by atoms with Crippen LogP contribution in [0.1, 0.15) is 31.9 Å². The van der Waals surface area contributed by atoms with E-state index in [0.717, 1.165) is 11.1 Å². The molecule has 1 unspecified atom stereocenters. The standard InChI is InChI=1S/C13H16O2/c1-10(2)9-13(15-11(3)14)12-7-5-4-6-8-12/h4-8,13H,1,9H2,2-3H3. The van der Waals surface area contributed by atoms with Crippen molar-refractivity contribution in [1.82, 2.24) is 0 Å². The number of hydrogen-bond acceptors (Lipinski definition) is 2. The van der Waals surface area contributed by atoms with Gasteiger partial charge in [-0.25, -0.2) is 0 Å². The van der Waals surface area contributed by atoms with Crippen molar-refractivity contribution in [3.05, 3.63) is 48.0 Å². The highest BCUT2D eigenvalue weighted by Crippen LogP contribution is 2.24. The maximum absolute atomic E-state index is 11.0. The minimum absolute atomic E-state index is 0.207. The van der Waals surface area contributed by atoms with Crippen LogP contribution in [0.15, 0.2) is 42.5 Å². The van der Waals surface area contributed by atoms with Crippen LogP contribution in [0, 0.1) is 0 Å². The van der Waals surface area contributed by atoms with Gasteiger partial charge in [0.1, 0.15) is 6.10 Å².